The van der Waals surface area contributed by atoms with Crippen molar-refractivity contribution >= 4 is 23.0 Å². The highest BCUT2D eigenvalue weighted by Gasteiger charge is 2.22. The van der Waals surface area contributed by atoms with Crippen molar-refractivity contribution < 1.29 is 4.74 Å². The van der Waals surface area contributed by atoms with Gasteiger partial charge in [-0.2, -0.15) is 0 Å². The molecule has 1 aromatic rings. The van der Waals surface area contributed by atoms with Crippen LogP contribution in [0.2, 0.25) is 5.02 Å². The van der Waals surface area contributed by atoms with Crippen molar-refractivity contribution in [2.45, 2.75) is 12.8 Å². The molecule has 1 aromatic heterocycles. The summed E-state index contributed by atoms with van der Waals surface area (Å²) in [5, 5.41) is 0.634. The molecule has 0 amide bonds. The van der Waals surface area contributed by atoms with Crippen LogP contribution in [0, 0.1) is 5.92 Å². The first-order valence-corrected chi connectivity index (χ1v) is 6.23. The van der Waals surface area contributed by atoms with E-state index in [9.17, 15) is 0 Å². The molecule has 2 rings (SSSR count). The third-order valence-corrected chi connectivity index (χ3v) is 3.51. The predicted molar refractivity (Wildman–Crippen MR) is 70.5 cm³/mol. The zero-order valence-electron chi connectivity index (χ0n) is 10.0. The van der Waals surface area contributed by atoms with E-state index >= 15 is 0 Å². The van der Waals surface area contributed by atoms with E-state index in [1.165, 1.54) is 0 Å². The molecule has 17 heavy (non-hydrogen) atoms. The van der Waals surface area contributed by atoms with Gasteiger partial charge in [0.2, 0.25) is 0 Å². The summed E-state index contributed by atoms with van der Waals surface area (Å²) in [7, 11) is 1.75. The van der Waals surface area contributed by atoms with Crippen LogP contribution in [0.15, 0.2) is 12.4 Å². The van der Waals surface area contributed by atoms with E-state index < -0.39 is 0 Å². The SMILES string of the molecule is COCC1CCN(c2c(N)cncc2Cl)CC1. The van der Waals surface area contributed by atoms with E-state index in [4.69, 9.17) is 22.1 Å². The smallest absolute Gasteiger partial charge is 0.0843 e. The monoisotopic (exact) mass is 255 g/mol. The summed E-state index contributed by atoms with van der Waals surface area (Å²) in [6.07, 6.45) is 5.54. The molecular weight excluding hydrogens is 238 g/mol. The number of aromatic nitrogens is 1. The summed E-state index contributed by atoms with van der Waals surface area (Å²) in [5.74, 6) is 0.651. The molecule has 94 valence electrons. The Labute approximate surface area is 107 Å². The largest absolute Gasteiger partial charge is 0.396 e. The molecule has 0 unspecified atom stereocenters. The lowest BCUT2D eigenvalue weighted by atomic mass is 9.97. The summed E-state index contributed by atoms with van der Waals surface area (Å²) >= 11 is 6.15. The van der Waals surface area contributed by atoms with Gasteiger partial charge in [-0.1, -0.05) is 11.6 Å². The van der Waals surface area contributed by atoms with Crippen molar-refractivity contribution in [3.8, 4) is 0 Å². The number of piperidine rings is 1. The third kappa shape index (κ3) is 2.82. The number of hydrogen-bond donors (Lipinski definition) is 1. The Balaban J connectivity index is 2.05. The first-order valence-electron chi connectivity index (χ1n) is 5.85. The van der Waals surface area contributed by atoms with Crippen molar-refractivity contribution in [2.24, 2.45) is 5.92 Å². The van der Waals surface area contributed by atoms with E-state index in [1.54, 1.807) is 19.5 Å². The quantitative estimate of drug-likeness (QED) is 0.900. The van der Waals surface area contributed by atoms with E-state index in [0.717, 1.165) is 38.2 Å². The number of anilines is 2. The molecule has 0 atom stereocenters. The molecule has 0 aromatic carbocycles. The standard InChI is InChI=1S/C12H18ClN3O/c1-17-8-9-2-4-16(5-3-9)12-10(13)6-15-7-11(12)14/h6-7,9H,2-5,8,14H2,1H3. The molecule has 0 spiro atoms. The van der Waals surface area contributed by atoms with Crippen molar-refractivity contribution in [2.75, 3.05) is 37.4 Å². The molecule has 1 aliphatic rings. The zero-order valence-corrected chi connectivity index (χ0v) is 10.8. The summed E-state index contributed by atoms with van der Waals surface area (Å²) in [6, 6.07) is 0. The Morgan fingerprint density at radius 3 is 2.76 bits per heavy atom. The van der Waals surface area contributed by atoms with Gasteiger partial charge in [0.05, 0.1) is 22.6 Å². The van der Waals surface area contributed by atoms with Gasteiger partial charge in [-0.15, -0.1) is 0 Å². The number of pyridine rings is 1. The second kappa shape index (κ2) is 5.56. The first-order chi connectivity index (χ1) is 8.22. The van der Waals surface area contributed by atoms with Gasteiger partial charge in [0.1, 0.15) is 0 Å². The number of nitrogen functional groups attached to an aromatic ring is 1. The maximum Gasteiger partial charge on any atom is 0.0843 e. The average Bonchev–Trinajstić information content (AvgIpc) is 2.31. The predicted octanol–water partition coefficient (Wildman–Crippen LogP) is 2.18. The Morgan fingerprint density at radius 1 is 1.47 bits per heavy atom. The maximum atomic E-state index is 6.15. The Bertz CT molecular complexity index is 358. The van der Waals surface area contributed by atoms with Gasteiger partial charge in [-0.05, 0) is 18.8 Å². The first kappa shape index (κ1) is 12.5. The second-order valence-corrected chi connectivity index (χ2v) is 4.85. The molecule has 4 nitrogen and oxygen atoms in total. The van der Waals surface area contributed by atoms with Crippen LogP contribution in [0.4, 0.5) is 11.4 Å². The number of ether oxygens (including phenoxy) is 1. The van der Waals surface area contributed by atoms with Crippen molar-refractivity contribution in [3.63, 3.8) is 0 Å². The third-order valence-electron chi connectivity index (χ3n) is 3.23. The minimum Gasteiger partial charge on any atom is -0.396 e. The maximum absolute atomic E-state index is 6.15. The van der Waals surface area contributed by atoms with E-state index in [2.05, 4.69) is 9.88 Å². The summed E-state index contributed by atoms with van der Waals surface area (Å²) < 4.78 is 5.19. The number of nitrogens with two attached hydrogens (primary N) is 1. The Kier molecular flexibility index (Phi) is 4.07. The fraction of sp³-hybridized carbons (Fsp3) is 0.583. The molecule has 5 heteroatoms. The molecule has 0 saturated carbocycles. The summed E-state index contributed by atoms with van der Waals surface area (Å²) in [5.41, 5.74) is 7.52. The van der Waals surface area contributed by atoms with E-state index in [1.807, 2.05) is 0 Å². The Hall–Kier alpha value is -1.00. The molecule has 2 N–H and O–H groups in total. The van der Waals surface area contributed by atoms with Crippen LogP contribution in [0.25, 0.3) is 0 Å². The Morgan fingerprint density at radius 2 is 2.18 bits per heavy atom. The van der Waals surface area contributed by atoms with Crippen molar-refractivity contribution in [1.29, 1.82) is 0 Å². The van der Waals surface area contributed by atoms with Gasteiger partial charge in [-0.3, -0.25) is 4.98 Å². The van der Waals surface area contributed by atoms with Gasteiger partial charge in [0, 0.05) is 33.0 Å². The average molecular weight is 256 g/mol. The van der Waals surface area contributed by atoms with Crippen LogP contribution < -0.4 is 10.6 Å². The molecule has 1 aliphatic heterocycles. The molecule has 2 heterocycles. The molecular formula is C12H18ClN3O. The van der Waals surface area contributed by atoms with Gasteiger partial charge in [0.25, 0.3) is 0 Å². The zero-order chi connectivity index (χ0) is 12.3. The molecule has 0 aliphatic carbocycles. The van der Waals surface area contributed by atoms with Crippen LogP contribution in [-0.4, -0.2) is 31.8 Å². The lowest BCUT2D eigenvalue weighted by molar-refractivity contribution is 0.139. The lowest BCUT2D eigenvalue weighted by Crippen LogP contribution is -2.35. The molecule has 0 bridgehead atoms. The number of methoxy groups -OCH3 is 1. The van der Waals surface area contributed by atoms with Gasteiger partial charge in [-0.25, -0.2) is 0 Å². The van der Waals surface area contributed by atoms with E-state index in [-0.39, 0.29) is 0 Å². The highest BCUT2D eigenvalue weighted by atomic mass is 35.5. The van der Waals surface area contributed by atoms with Gasteiger partial charge < -0.3 is 15.4 Å². The summed E-state index contributed by atoms with van der Waals surface area (Å²) in [6.45, 7) is 2.79. The fourth-order valence-corrected chi connectivity index (χ4v) is 2.62. The normalized spacial score (nSPS) is 17.4. The molecule has 1 fully saturated rings. The number of nitrogens with zero attached hydrogens (tertiary/aromatic N) is 2. The van der Waals surface area contributed by atoms with Crippen molar-refractivity contribution in [3.05, 3.63) is 17.4 Å². The van der Waals surface area contributed by atoms with Crippen LogP contribution >= 0.6 is 11.6 Å². The number of hydrogen-bond acceptors (Lipinski definition) is 4. The molecule has 1 saturated heterocycles. The fourth-order valence-electron chi connectivity index (χ4n) is 2.34. The van der Waals surface area contributed by atoms with Crippen LogP contribution in [0.3, 0.4) is 0 Å². The highest BCUT2D eigenvalue weighted by molar-refractivity contribution is 6.33. The highest BCUT2D eigenvalue weighted by Crippen LogP contribution is 2.33. The summed E-state index contributed by atoms with van der Waals surface area (Å²) in [4.78, 5) is 6.22. The van der Waals surface area contributed by atoms with Crippen LogP contribution in [-0.2, 0) is 4.74 Å². The molecule has 0 radical (unpaired) electrons. The topological polar surface area (TPSA) is 51.4 Å². The van der Waals surface area contributed by atoms with Crippen LogP contribution in [0.5, 0.6) is 0 Å². The number of rotatable bonds is 3. The minimum absolute atomic E-state index is 0.634. The number of halogens is 1. The van der Waals surface area contributed by atoms with E-state index in [0.29, 0.717) is 16.6 Å². The minimum atomic E-state index is 0.634. The lowest BCUT2D eigenvalue weighted by Gasteiger charge is -2.34. The van der Waals surface area contributed by atoms with Crippen LogP contribution in [0.1, 0.15) is 12.8 Å². The van der Waals surface area contributed by atoms with Gasteiger partial charge >= 0.3 is 0 Å². The van der Waals surface area contributed by atoms with Gasteiger partial charge in [0.15, 0.2) is 0 Å². The van der Waals surface area contributed by atoms with Crippen molar-refractivity contribution in [1.82, 2.24) is 4.98 Å². The second-order valence-electron chi connectivity index (χ2n) is 4.44.